The third kappa shape index (κ3) is 4.29. The van der Waals surface area contributed by atoms with Gasteiger partial charge in [0.2, 0.25) is 11.1 Å². The molecule has 26 heavy (non-hydrogen) atoms. The van der Waals surface area contributed by atoms with Crippen LogP contribution in [0.1, 0.15) is 22.3 Å². The third-order valence-corrected chi connectivity index (χ3v) is 4.93. The van der Waals surface area contributed by atoms with E-state index in [1.165, 1.54) is 22.9 Å². The van der Waals surface area contributed by atoms with Crippen molar-refractivity contribution in [1.29, 1.82) is 0 Å². The summed E-state index contributed by atoms with van der Waals surface area (Å²) in [4.78, 5) is 12.3. The number of rotatable bonds is 5. The fourth-order valence-corrected chi connectivity index (χ4v) is 3.35. The minimum Gasteiger partial charge on any atom is -0.325 e. The van der Waals surface area contributed by atoms with Crippen LogP contribution in [-0.4, -0.2) is 31.9 Å². The van der Waals surface area contributed by atoms with Crippen LogP contribution in [0.25, 0.3) is 5.69 Å². The van der Waals surface area contributed by atoms with E-state index in [-0.39, 0.29) is 11.7 Å². The van der Waals surface area contributed by atoms with Crippen molar-refractivity contribution in [2.75, 3.05) is 11.1 Å². The van der Waals surface area contributed by atoms with Crippen LogP contribution in [0.5, 0.6) is 0 Å². The lowest BCUT2D eigenvalue weighted by Gasteiger charge is -2.08. The normalized spacial score (nSPS) is 10.8. The van der Waals surface area contributed by atoms with Crippen LogP contribution in [0.15, 0.2) is 41.6 Å². The first-order chi connectivity index (χ1) is 12.4. The van der Waals surface area contributed by atoms with E-state index in [1.807, 2.05) is 51.1 Å². The Labute approximate surface area is 157 Å². The van der Waals surface area contributed by atoms with Crippen molar-refractivity contribution in [2.24, 2.45) is 0 Å². The van der Waals surface area contributed by atoms with E-state index in [1.54, 1.807) is 4.68 Å². The first-order valence-corrected chi connectivity index (χ1v) is 9.28. The number of tetrazole rings is 1. The van der Waals surface area contributed by atoms with Gasteiger partial charge in [0.1, 0.15) is 0 Å². The van der Waals surface area contributed by atoms with E-state index >= 15 is 0 Å². The fraction of sp³-hybridized carbons (Fsp3) is 0.263. The Morgan fingerprint density at radius 1 is 1.04 bits per heavy atom. The van der Waals surface area contributed by atoms with Gasteiger partial charge in [0, 0.05) is 5.69 Å². The van der Waals surface area contributed by atoms with Crippen LogP contribution in [0, 0.1) is 27.7 Å². The number of nitrogens with one attached hydrogen (secondary N) is 1. The van der Waals surface area contributed by atoms with Crippen molar-refractivity contribution in [2.45, 2.75) is 32.9 Å². The summed E-state index contributed by atoms with van der Waals surface area (Å²) in [5.41, 5.74) is 6.31. The van der Waals surface area contributed by atoms with Crippen LogP contribution in [0.3, 0.4) is 0 Å². The Balaban J connectivity index is 1.68. The molecule has 0 saturated heterocycles. The highest BCUT2D eigenvalue weighted by Crippen LogP contribution is 2.21. The second-order valence-corrected chi connectivity index (χ2v) is 7.30. The van der Waals surface area contributed by atoms with Crippen molar-refractivity contribution < 1.29 is 4.79 Å². The molecule has 7 heteroatoms. The number of hydrogen-bond donors (Lipinski definition) is 1. The summed E-state index contributed by atoms with van der Waals surface area (Å²) in [5.74, 6) is 0.146. The highest BCUT2D eigenvalue weighted by Gasteiger charge is 2.12. The smallest absolute Gasteiger partial charge is 0.234 e. The van der Waals surface area contributed by atoms with Gasteiger partial charge in [-0.2, -0.15) is 4.68 Å². The summed E-state index contributed by atoms with van der Waals surface area (Å²) in [6, 6.07) is 12.0. The number of thioether (sulfide) groups is 1. The van der Waals surface area contributed by atoms with Crippen LogP contribution in [0.4, 0.5) is 5.69 Å². The lowest BCUT2D eigenvalue weighted by molar-refractivity contribution is -0.113. The molecule has 0 unspecified atom stereocenters. The van der Waals surface area contributed by atoms with Gasteiger partial charge in [0.15, 0.2) is 0 Å². The average Bonchev–Trinajstić information content (AvgIpc) is 3.03. The molecule has 0 aliphatic carbocycles. The quantitative estimate of drug-likeness (QED) is 0.697. The molecular weight excluding hydrogens is 346 g/mol. The molecule has 1 heterocycles. The zero-order chi connectivity index (χ0) is 18.7. The maximum absolute atomic E-state index is 12.3. The van der Waals surface area contributed by atoms with Crippen molar-refractivity contribution in [3.05, 3.63) is 58.7 Å². The molecule has 3 rings (SSSR count). The maximum Gasteiger partial charge on any atom is 0.234 e. The van der Waals surface area contributed by atoms with E-state index in [0.717, 1.165) is 22.5 Å². The van der Waals surface area contributed by atoms with Gasteiger partial charge in [-0.25, -0.2) is 0 Å². The SMILES string of the molecule is Cc1cc(C)cc(NC(=O)CSc2nnnn2-c2ccc(C)c(C)c2)c1. The summed E-state index contributed by atoms with van der Waals surface area (Å²) < 4.78 is 1.65. The molecule has 0 atom stereocenters. The standard InChI is InChI=1S/C19H21N5OS/c1-12-7-13(2)9-16(8-12)20-18(25)11-26-19-21-22-23-24(19)17-6-5-14(3)15(4)10-17/h5-10H,11H2,1-4H3,(H,20,25). The molecule has 0 aliphatic rings. The van der Waals surface area contributed by atoms with Crippen molar-refractivity contribution >= 4 is 23.4 Å². The molecule has 0 spiro atoms. The van der Waals surface area contributed by atoms with Gasteiger partial charge in [-0.1, -0.05) is 23.9 Å². The van der Waals surface area contributed by atoms with Gasteiger partial charge in [0.05, 0.1) is 11.4 Å². The molecule has 1 aromatic heterocycles. The number of hydrogen-bond acceptors (Lipinski definition) is 5. The molecule has 6 nitrogen and oxygen atoms in total. The van der Waals surface area contributed by atoms with Gasteiger partial charge >= 0.3 is 0 Å². The van der Waals surface area contributed by atoms with Crippen LogP contribution < -0.4 is 5.32 Å². The molecule has 0 aliphatic heterocycles. The summed E-state index contributed by atoms with van der Waals surface area (Å²) in [7, 11) is 0. The van der Waals surface area contributed by atoms with Crippen molar-refractivity contribution in [3.63, 3.8) is 0 Å². The zero-order valence-electron chi connectivity index (χ0n) is 15.3. The summed E-state index contributed by atoms with van der Waals surface area (Å²) >= 11 is 1.31. The number of benzene rings is 2. The average molecular weight is 367 g/mol. The topological polar surface area (TPSA) is 72.7 Å². The summed E-state index contributed by atoms with van der Waals surface area (Å²) in [6.07, 6.45) is 0. The van der Waals surface area contributed by atoms with Gasteiger partial charge in [-0.3, -0.25) is 4.79 Å². The molecule has 1 N–H and O–H groups in total. The Bertz CT molecular complexity index is 931. The van der Waals surface area contributed by atoms with Crippen molar-refractivity contribution in [3.8, 4) is 5.69 Å². The summed E-state index contributed by atoms with van der Waals surface area (Å²) in [5, 5.41) is 15.3. The Morgan fingerprint density at radius 3 is 2.46 bits per heavy atom. The number of amides is 1. The lowest BCUT2D eigenvalue weighted by atomic mass is 10.1. The molecular formula is C19H21N5OS. The maximum atomic E-state index is 12.3. The number of aryl methyl sites for hydroxylation is 4. The van der Waals surface area contributed by atoms with Gasteiger partial charge in [0.25, 0.3) is 0 Å². The number of aromatic nitrogens is 4. The van der Waals surface area contributed by atoms with E-state index in [0.29, 0.717) is 5.16 Å². The fourth-order valence-electron chi connectivity index (χ4n) is 2.66. The second-order valence-electron chi connectivity index (χ2n) is 6.36. The lowest BCUT2D eigenvalue weighted by Crippen LogP contribution is -2.15. The molecule has 0 bridgehead atoms. The largest absolute Gasteiger partial charge is 0.325 e. The molecule has 0 saturated carbocycles. The molecule has 134 valence electrons. The van der Waals surface area contributed by atoms with E-state index < -0.39 is 0 Å². The van der Waals surface area contributed by atoms with Crippen molar-refractivity contribution in [1.82, 2.24) is 20.2 Å². The van der Waals surface area contributed by atoms with Gasteiger partial charge in [-0.15, -0.1) is 5.10 Å². The number of carbonyl (C=O) groups is 1. The van der Waals surface area contributed by atoms with Crippen LogP contribution >= 0.6 is 11.8 Å². The Hall–Kier alpha value is -2.67. The van der Waals surface area contributed by atoms with Gasteiger partial charge < -0.3 is 5.32 Å². The van der Waals surface area contributed by atoms with Crippen LogP contribution in [-0.2, 0) is 4.79 Å². The zero-order valence-corrected chi connectivity index (χ0v) is 16.1. The molecule has 0 radical (unpaired) electrons. The van der Waals surface area contributed by atoms with E-state index in [4.69, 9.17) is 0 Å². The molecule has 0 fully saturated rings. The van der Waals surface area contributed by atoms with E-state index in [9.17, 15) is 4.79 Å². The number of nitrogens with zero attached hydrogens (tertiary/aromatic N) is 4. The minimum absolute atomic E-state index is 0.0883. The molecule has 2 aromatic carbocycles. The Morgan fingerprint density at radius 2 is 1.77 bits per heavy atom. The first-order valence-electron chi connectivity index (χ1n) is 8.29. The van der Waals surface area contributed by atoms with Gasteiger partial charge in [-0.05, 0) is 84.6 Å². The van der Waals surface area contributed by atoms with E-state index in [2.05, 4.69) is 33.8 Å². The predicted octanol–water partition coefficient (Wildman–Crippen LogP) is 3.63. The first kappa shape index (κ1) is 18.1. The monoisotopic (exact) mass is 367 g/mol. The number of carbonyl (C=O) groups excluding carboxylic acids is 1. The predicted molar refractivity (Wildman–Crippen MR) is 104 cm³/mol. The molecule has 3 aromatic rings. The van der Waals surface area contributed by atoms with Crippen LogP contribution in [0.2, 0.25) is 0 Å². The summed E-state index contributed by atoms with van der Waals surface area (Å²) in [6.45, 7) is 8.13. The molecule has 1 amide bonds. The highest BCUT2D eigenvalue weighted by atomic mass is 32.2. The Kier molecular flexibility index (Phi) is 5.37. The highest BCUT2D eigenvalue weighted by molar-refractivity contribution is 7.99. The minimum atomic E-state index is -0.0883. The third-order valence-electron chi connectivity index (χ3n) is 4.01. The number of anilines is 1. The second kappa shape index (κ2) is 7.70.